The molecule has 2 N–H and O–H groups in total. The maximum Gasteiger partial charge on any atom is 0.321 e. The van der Waals surface area contributed by atoms with E-state index in [1.165, 1.54) is 11.8 Å². The van der Waals surface area contributed by atoms with Crippen molar-refractivity contribution in [2.75, 3.05) is 0 Å². The van der Waals surface area contributed by atoms with E-state index in [0.29, 0.717) is 6.04 Å². The third kappa shape index (κ3) is 4.04. The van der Waals surface area contributed by atoms with Gasteiger partial charge in [0, 0.05) is 12.1 Å². The van der Waals surface area contributed by atoms with Crippen LogP contribution in [-0.4, -0.2) is 38.0 Å². The summed E-state index contributed by atoms with van der Waals surface area (Å²) in [5.74, 6) is 0.579. The third-order valence-electron chi connectivity index (χ3n) is 4.33. The SMILES string of the molecule is Cc1nnc(S[C@H](C)C(=O)NC(=O)NC2CCCC2)n1C1CC1. The van der Waals surface area contributed by atoms with Gasteiger partial charge in [0.15, 0.2) is 5.16 Å². The molecule has 126 valence electrons. The molecule has 3 rings (SSSR count). The number of imide groups is 1. The summed E-state index contributed by atoms with van der Waals surface area (Å²) in [6, 6.07) is 0.272. The number of urea groups is 1. The minimum absolute atomic E-state index is 0.200. The van der Waals surface area contributed by atoms with Crippen LogP contribution in [0, 0.1) is 6.92 Å². The second-order valence-corrected chi connectivity index (χ2v) is 7.64. The minimum Gasteiger partial charge on any atom is -0.335 e. The second kappa shape index (κ2) is 6.90. The molecule has 0 aromatic carbocycles. The van der Waals surface area contributed by atoms with Crippen LogP contribution in [0.5, 0.6) is 0 Å². The van der Waals surface area contributed by atoms with Crippen molar-refractivity contribution in [1.29, 1.82) is 0 Å². The number of hydrogen-bond donors (Lipinski definition) is 2. The van der Waals surface area contributed by atoms with Crippen LogP contribution in [0.3, 0.4) is 0 Å². The van der Waals surface area contributed by atoms with Crippen LogP contribution in [0.1, 0.15) is 57.3 Å². The summed E-state index contributed by atoms with van der Waals surface area (Å²) in [5.41, 5.74) is 0. The Kier molecular flexibility index (Phi) is 4.89. The van der Waals surface area contributed by atoms with E-state index in [1.54, 1.807) is 6.92 Å². The number of nitrogens with one attached hydrogen (secondary N) is 2. The van der Waals surface area contributed by atoms with Crippen molar-refractivity contribution >= 4 is 23.7 Å². The molecule has 0 aliphatic heterocycles. The molecular formula is C15H23N5O2S. The van der Waals surface area contributed by atoms with Gasteiger partial charge in [-0.25, -0.2) is 4.79 Å². The van der Waals surface area contributed by atoms with Gasteiger partial charge < -0.3 is 9.88 Å². The molecule has 1 aromatic heterocycles. The molecule has 1 heterocycles. The lowest BCUT2D eigenvalue weighted by Crippen LogP contribution is -2.45. The van der Waals surface area contributed by atoms with Crippen molar-refractivity contribution in [3.63, 3.8) is 0 Å². The Hall–Kier alpha value is -1.57. The van der Waals surface area contributed by atoms with Crippen LogP contribution in [0.25, 0.3) is 0 Å². The van der Waals surface area contributed by atoms with Gasteiger partial charge in [0.1, 0.15) is 5.82 Å². The zero-order valence-electron chi connectivity index (χ0n) is 13.5. The Morgan fingerprint density at radius 2 is 1.91 bits per heavy atom. The monoisotopic (exact) mass is 337 g/mol. The smallest absolute Gasteiger partial charge is 0.321 e. The first-order chi connectivity index (χ1) is 11.0. The molecule has 2 aliphatic carbocycles. The Bertz CT molecular complexity index is 593. The van der Waals surface area contributed by atoms with Crippen LogP contribution in [0.15, 0.2) is 5.16 Å². The highest BCUT2D eigenvalue weighted by Gasteiger charge is 2.30. The van der Waals surface area contributed by atoms with Crippen LogP contribution >= 0.6 is 11.8 Å². The average Bonchev–Trinajstić information content (AvgIpc) is 3.08. The Balaban J connectivity index is 1.52. The molecule has 0 radical (unpaired) electrons. The number of hydrogen-bond acceptors (Lipinski definition) is 5. The van der Waals surface area contributed by atoms with Crippen molar-refractivity contribution in [3.05, 3.63) is 5.82 Å². The number of carbonyl (C=O) groups is 2. The van der Waals surface area contributed by atoms with Gasteiger partial charge in [-0.3, -0.25) is 10.1 Å². The summed E-state index contributed by atoms with van der Waals surface area (Å²) >= 11 is 1.35. The molecule has 0 saturated heterocycles. The molecule has 2 fully saturated rings. The summed E-state index contributed by atoms with van der Waals surface area (Å²) in [6.07, 6.45) is 6.54. The van der Waals surface area contributed by atoms with E-state index in [2.05, 4.69) is 25.4 Å². The minimum atomic E-state index is -0.398. The largest absolute Gasteiger partial charge is 0.335 e. The average molecular weight is 337 g/mol. The van der Waals surface area contributed by atoms with Gasteiger partial charge in [-0.2, -0.15) is 0 Å². The highest BCUT2D eigenvalue weighted by atomic mass is 32.2. The molecule has 0 bridgehead atoms. The number of aromatic nitrogens is 3. The van der Waals surface area contributed by atoms with Crippen molar-refractivity contribution < 1.29 is 9.59 Å². The van der Waals surface area contributed by atoms with Gasteiger partial charge in [0.05, 0.1) is 5.25 Å². The number of thioether (sulfide) groups is 1. The number of aryl methyl sites for hydroxylation is 1. The Morgan fingerprint density at radius 3 is 2.57 bits per heavy atom. The molecule has 3 amide bonds. The van der Waals surface area contributed by atoms with Crippen LogP contribution in [-0.2, 0) is 4.79 Å². The number of rotatable bonds is 5. The molecule has 1 aromatic rings. The lowest BCUT2D eigenvalue weighted by molar-refractivity contribution is -0.119. The molecule has 0 unspecified atom stereocenters. The maximum atomic E-state index is 12.2. The summed E-state index contributed by atoms with van der Waals surface area (Å²) in [6.45, 7) is 3.71. The highest BCUT2D eigenvalue weighted by molar-refractivity contribution is 8.00. The van der Waals surface area contributed by atoms with Crippen molar-refractivity contribution in [3.8, 4) is 0 Å². The quantitative estimate of drug-likeness (QED) is 0.804. The lowest BCUT2D eigenvalue weighted by Gasteiger charge is -2.15. The first-order valence-electron chi connectivity index (χ1n) is 8.24. The zero-order chi connectivity index (χ0) is 16.4. The zero-order valence-corrected chi connectivity index (χ0v) is 14.4. The van der Waals surface area contributed by atoms with E-state index in [4.69, 9.17) is 0 Å². The third-order valence-corrected chi connectivity index (χ3v) is 5.38. The maximum absolute atomic E-state index is 12.2. The molecular weight excluding hydrogens is 314 g/mol. The molecule has 2 aliphatic rings. The summed E-state index contributed by atoms with van der Waals surface area (Å²) < 4.78 is 2.09. The number of amides is 3. The Labute approximate surface area is 140 Å². The summed E-state index contributed by atoms with van der Waals surface area (Å²) in [4.78, 5) is 24.1. The van der Waals surface area contributed by atoms with Gasteiger partial charge in [0.25, 0.3) is 0 Å². The van der Waals surface area contributed by atoms with E-state index in [-0.39, 0.29) is 11.9 Å². The van der Waals surface area contributed by atoms with Crippen molar-refractivity contribution in [1.82, 2.24) is 25.4 Å². The molecule has 8 heteroatoms. The van der Waals surface area contributed by atoms with Crippen LogP contribution in [0.4, 0.5) is 4.79 Å². The summed E-state index contributed by atoms with van der Waals surface area (Å²) in [7, 11) is 0. The van der Waals surface area contributed by atoms with Gasteiger partial charge in [-0.15, -0.1) is 10.2 Å². The molecule has 2 saturated carbocycles. The molecule has 7 nitrogen and oxygen atoms in total. The summed E-state index contributed by atoms with van der Waals surface area (Å²) in [5, 5.41) is 13.9. The van der Waals surface area contributed by atoms with Crippen molar-refractivity contribution in [2.24, 2.45) is 0 Å². The predicted octanol–water partition coefficient (Wildman–Crippen LogP) is 2.17. The van der Waals surface area contributed by atoms with Crippen LogP contribution in [0.2, 0.25) is 0 Å². The first kappa shape index (κ1) is 16.3. The van der Waals surface area contributed by atoms with E-state index >= 15 is 0 Å². The van der Waals surface area contributed by atoms with E-state index in [1.807, 2.05) is 6.92 Å². The second-order valence-electron chi connectivity index (χ2n) is 6.34. The van der Waals surface area contributed by atoms with E-state index < -0.39 is 11.3 Å². The predicted molar refractivity (Wildman–Crippen MR) is 87.3 cm³/mol. The molecule has 0 spiro atoms. The normalized spacial score (nSPS) is 19.6. The van der Waals surface area contributed by atoms with Gasteiger partial charge in [0.2, 0.25) is 5.91 Å². The highest BCUT2D eigenvalue weighted by Crippen LogP contribution is 2.39. The first-order valence-corrected chi connectivity index (χ1v) is 9.12. The van der Waals surface area contributed by atoms with E-state index in [9.17, 15) is 9.59 Å². The molecule has 1 atom stereocenters. The molecule has 23 heavy (non-hydrogen) atoms. The number of nitrogens with zero attached hydrogens (tertiary/aromatic N) is 3. The topological polar surface area (TPSA) is 88.9 Å². The Morgan fingerprint density at radius 1 is 1.22 bits per heavy atom. The lowest BCUT2D eigenvalue weighted by atomic mass is 10.2. The fourth-order valence-corrected chi connectivity index (χ4v) is 3.87. The van der Waals surface area contributed by atoms with E-state index in [0.717, 1.165) is 49.5 Å². The van der Waals surface area contributed by atoms with Crippen LogP contribution < -0.4 is 10.6 Å². The van der Waals surface area contributed by atoms with Gasteiger partial charge in [-0.1, -0.05) is 24.6 Å². The van der Waals surface area contributed by atoms with Gasteiger partial charge >= 0.3 is 6.03 Å². The van der Waals surface area contributed by atoms with Gasteiger partial charge in [-0.05, 0) is 39.5 Å². The van der Waals surface area contributed by atoms with Crippen molar-refractivity contribution in [2.45, 2.75) is 74.9 Å². The number of carbonyl (C=O) groups excluding carboxylic acids is 2. The fourth-order valence-electron chi connectivity index (χ4n) is 2.90. The fraction of sp³-hybridized carbons (Fsp3) is 0.733. The standard InChI is InChI=1S/C15H23N5O2S/c1-9(13(21)17-14(22)16-11-5-3-4-6-11)23-15-19-18-10(2)20(15)12-7-8-12/h9,11-12H,3-8H2,1-2H3,(H2,16,17,21,22)/t9-/m1/s1.